The van der Waals surface area contributed by atoms with Crippen molar-refractivity contribution in [1.29, 1.82) is 0 Å². The summed E-state index contributed by atoms with van der Waals surface area (Å²) in [6, 6.07) is 4.76. The van der Waals surface area contributed by atoms with Crippen molar-refractivity contribution in [3.63, 3.8) is 0 Å². The highest BCUT2D eigenvalue weighted by atomic mass is 79.9. The highest BCUT2D eigenvalue weighted by Crippen LogP contribution is 2.44. The molecule has 0 N–H and O–H groups in total. The van der Waals surface area contributed by atoms with E-state index in [4.69, 9.17) is 11.6 Å². The summed E-state index contributed by atoms with van der Waals surface area (Å²) in [4.78, 5) is 0.544. The second kappa shape index (κ2) is 6.36. The van der Waals surface area contributed by atoms with E-state index in [9.17, 15) is 4.39 Å². The smallest absolute Gasteiger partial charge is 0.124 e. The molecule has 2 rings (SSSR count). The Balaban J connectivity index is 2.10. The minimum atomic E-state index is -0.259. The van der Waals surface area contributed by atoms with Gasteiger partial charge in [-0.2, -0.15) is 0 Å². The van der Waals surface area contributed by atoms with Crippen LogP contribution in [0.2, 0.25) is 5.02 Å². The van der Waals surface area contributed by atoms with E-state index < -0.39 is 0 Å². The molecule has 0 aromatic heterocycles. The largest absolute Gasteiger partial charge is 0.207 e. The maximum absolute atomic E-state index is 13.1. The lowest BCUT2D eigenvalue weighted by Crippen LogP contribution is -2.33. The maximum Gasteiger partial charge on any atom is 0.124 e. The van der Waals surface area contributed by atoms with Crippen molar-refractivity contribution in [3.8, 4) is 0 Å². The molecule has 0 spiro atoms. The fourth-order valence-electron chi connectivity index (χ4n) is 3.19. The molecule has 20 heavy (non-hydrogen) atoms. The number of hydrogen-bond donors (Lipinski definition) is 0. The van der Waals surface area contributed by atoms with Crippen LogP contribution in [0.1, 0.15) is 45.6 Å². The average Bonchev–Trinajstić information content (AvgIpc) is 2.33. The summed E-state index contributed by atoms with van der Waals surface area (Å²) < 4.78 is 13.1. The second-order valence-corrected chi connectivity index (χ2v) is 8.68. The molecule has 0 heterocycles. The molecule has 1 aliphatic carbocycles. The van der Waals surface area contributed by atoms with Crippen molar-refractivity contribution in [3.05, 3.63) is 34.6 Å². The summed E-state index contributed by atoms with van der Waals surface area (Å²) in [6.07, 6.45) is 4.65. The van der Waals surface area contributed by atoms with Crippen LogP contribution in [-0.2, 0) is 6.42 Å². The lowest BCUT2D eigenvalue weighted by atomic mass is 9.68. The zero-order valence-corrected chi connectivity index (χ0v) is 14.8. The molecule has 112 valence electrons. The minimum Gasteiger partial charge on any atom is -0.207 e. The topological polar surface area (TPSA) is 0 Å². The summed E-state index contributed by atoms with van der Waals surface area (Å²) >= 11 is 10.00. The number of halogens is 3. The minimum absolute atomic E-state index is 0.259. The van der Waals surface area contributed by atoms with E-state index in [0.29, 0.717) is 21.2 Å². The molecule has 1 aliphatic rings. The van der Waals surface area contributed by atoms with Crippen molar-refractivity contribution in [1.82, 2.24) is 0 Å². The lowest BCUT2D eigenvalue weighted by Gasteiger charge is -2.40. The van der Waals surface area contributed by atoms with Gasteiger partial charge in [-0.3, -0.25) is 0 Å². The molecule has 0 bridgehead atoms. The summed E-state index contributed by atoms with van der Waals surface area (Å²) in [5.41, 5.74) is 1.43. The molecular formula is C17H23BrClF. The zero-order chi connectivity index (χ0) is 14.9. The van der Waals surface area contributed by atoms with Crippen molar-refractivity contribution < 1.29 is 4.39 Å². The number of rotatable bonds is 2. The monoisotopic (exact) mass is 360 g/mol. The summed E-state index contributed by atoms with van der Waals surface area (Å²) in [5.74, 6) is 1.07. The van der Waals surface area contributed by atoms with E-state index in [0.717, 1.165) is 17.9 Å². The van der Waals surface area contributed by atoms with Crippen LogP contribution in [0.5, 0.6) is 0 Å². The fourth-order valence-corrected chi connectivity index (χ4v) is 4.11. The first-order valence-corrected chi connectivity index (χ1v) is 8.64. The maximum atomic E-state index is 13.1. The molecule has 0 amide bonds. The molecule has 3 heteroatoms. The van der Waals surface area contributed by atoms with E-state index in [1.807, 2.05) is 6.07 Å². The van der Waals surface area contributed by atoms with Gasteiger partial charge in [0, 0.05) is 9.85 Å². The third-order valence-corrected chi connectivity index (χ3v) is 6.17. The molecule has 1 saturated carbocycles. The van der Waals surface area contributed by atoms with Crippen LogP contribution in [-0.4, -0.2) is 4.83 Å². The van der Waals surface area contributed by atoms with Crippen molar-refractivity contribution in [2.24, 2.45) is 17.3 Å². The number of hydrogen-bond acceptors (Lipinski definition) is 0. The molecule has 0 saturated heterocycles. The van der Waals surface area contributed by atoms with Gasteiger partial charge in [0.05, 0.1) is 0 Å². The van der Waals surface area contributed by atoms with Gasteiger partial charge in [0.1, 0.15) is 5.82 Å². The van der Waals surface area contributed by atoms with Crippen molar-refractivity contribution in [2.45, 2.75) is 51.3 Å². The van der Waals surface area contributed by atoms with Crippen LogP contribution in [0, 0.1) is 23.1 Å². The normalized spacial score (nSPS) is 27.6. The highest BCUT2D eigenvalue weighted by molar-refractivity contribution is 9.09. The highest BCUT2D eigenvalue weighted by Gasteiger charge is 2.34. The molecule has 1 aromatic rings. The van der Waals surface area contributed by atoms with Crippen molar-refractivity contribution >= 4 is 27.5 Å². The van der Waals surface area contributed by atoms with Crippen molar-refractivity contribution in [2.75, 3.05) is 0 Å². The Morgan fingerprint density at radius 1 is 1.30 bits per heavy atom. The Morgan fingerprint density at radius 3 is 2.60 bits per heavy atom. The summed E-state index contributed by atoms with van der Waals surface area (Å²) in [5, 5.41) is 0.558. The Labute approximate surface area is 135 Å². The van der Waals surface area contributed by atoms with Gasteiger partial charge in [-0.1, -0.05) is 54.4 Å². The first-order valence-electron chi connectivity index (χ1n) is 7.35. The first-order chi connectivity index (χ1) is 9.27. The molecule has 0 aliphatic heterocycles. The van der Waals surface area contributed by atoms with Crippen LogP contribution >= 0.6 is 27.5 Å². The van der Waals surface area contributed by atoms with E-state index in [1.54, 1.807) is 0 Å². The number of alkyl halides is 1. The van der Waals surface area contributed by atoms with Gasteiger partial charge in [0.25, 0.3) is 0 Å². The molecule has 3 unspecified atom stereocenters. The quantitative estimate of drug-likeness (QED) is 0.546. The molecule has 1 aromatic carbocycles. The van der Waals surface area contributed by atoms with Gasteiger partial charge in [-0.05, 0) is 60.6 Å². The van der Waals surface area contributed by atoms with Gasteiger partial charge < -0.3 is 0 Å². The Morgan fingerprint density at radius 2 is 2.00 bits per heavy atom. The van der Waals surface area contributed by atoms with Crippen LogP contribution in [0.25, 0.3) is 0 Å². The van der Waals surface area contributed by atoms with Crippen LogP contribution in [0.3, 0.4) is 0 Å². The third kappa shape index (κ3) is 3.98. The molecular weight excluding hydrogens is 339 g/mol. The van der Waals surface area contributed by atoms with Gasteiger partial charge >= 0.3 is 0 Å². The van der Waals surface area contributed by atoms with E-state index in [-0.39, 0.29) is 5.82 Å². The molecule has 0 nitrogen and oxygen atoms in total. The van der Waals surface area contributed by atoms with E-state index in [2.05, 4.69) is 36.7 Å². The van der Waals surface area contributed by atoms with Crippen LogP contribution in [0.15, 0.2) is 18.2 Å². The third-order valence-electron chi connectivity index (χ3n) is 4.61. The van der Waals surface area contributed by atoms with Gasteiger partial charge in [-0.15, -0.1) is 0 Å². The first kappa shape index (κ1) is 16.3. The number of benzene rings is 1. The average molecular weight is 362 g/mol. The standard InChI is InChI=1S/C17H23BrClF/c1-17(2,3)13-5-7-15(18)12(9-13)8-11-4-6-14(20)10-16(11)19/h4,6,10,12-13,15H,5,7-9H2,1-3H3. The summed E-state index contributed by atoms with van der Waals surface area (Å²) in [7, 11) is 0. The predicted molar refractivity (Wildman–Crippen MR) is 88.1 cm³/mol. The Bertz CT molecular complexity index is 467. The fraction of sp³-hybridized carbons (Fsp3) is 0.647. The van der Waals surface area contributed by atoms with Crippen LogP contribution < -0.4 is 0 Å². The second-order valence-electron chi connectivity index (χ2n) is 7.09. The van der Waals surface area contributed by atoms with E-state index in [1.165, 1.54) is 31.4 Å². The predicted octanol–water partition coefficient (Wildman–Crippen LogP) is 6.25. The molecule has 1 fully saturated rings. The van der Waals surface area contributed by atoms with E-state index >= 15 is 0 Å². The van der Waals surface area contributed by atoms with Gasteiger partial charge in [0.15, 0.2) is 0 Å². The zero-order valence-electron chi connectivity index (χ0n) is 12.4. The summed E-state index contributed by atoms with van der Waals surface area (Å²) in [6.45, 7) is 6.98. The van der Waals surface area contributed by atoms with Gasteiger partial charge in [-0.25, -0.2) is 4.39 Å². The van der Waals surface area contributed by atoms with Crippen LogP contribution in [0.4, 0.5) is 4.39 Å². The molecule has 0 radical (unpaired) electrons. The Hall–Kier alpha value is -0.0800. The lowest BCUT2D eigenvalue weighted by molar-refractivity contribution is 0.146. The molecule has 3 atom stereocenters. The van der Waals surface area contributed by atoms with Gasteiger partial charge in [0.2, 0.25) is 0 Å². The Kier molecular flexibility index (Phi) is 5.18. The SMILES string of the molecule is CC(C)(C)C1CCC(Br)C(Cc2ccc(F)cc2Cl)C1.